The maximum atomic E-state index is 10.6. The fraction of sp³-hybridized carbons (Fsp3) is 0.900. The molecule has 14 heavy (non-hydrogen) atoms. The summed E-state index contributed by atoms with van der Waals surface area (Å²) in [4.78, 5) is 12.8. The summed E-state index contributed by atoms with van der Waals surface area (Å²) in [5.74, 6) is -0.828. The lowest BCUT2D eigenvalue weighted by molar-refractivity contribution is -0.149. The number of ether oxygens (including phenoxy) is 1. The van der Waals surface area contributed by atoms with Crippen molar-refractivity contribution in [2.75, 3.05) is 20.1 Å². The van der Waals surface area contributed by atoms with Crippen LogP contribution in [0.4, 0.5) is 0 Å². The Balaban J connectivity index is 2.25. The number of carbonyl (C=O) groups is 1. The van der Waals surface area contributed by atoms with Gasteiger partial charge < -0.3 is 14.7 Å². The number of carboxylic acid groups (broad SMARTS) is 1. The highest BCUT2D eigenvalue weighted by molar-refractivity contribution is 5.72. The Bertz CT molecular complexity index is 196. The fourth-order valence-electron chi connectivity index (χ4n) is 1.84. The molecule has 4 heteroatoms. The second-order valence-electron chi connectivity index (χ2n) is 3.92. The Labute approximate surface area is 84.8 Å². The molecule has 0 spiro atoms. The zero-order chi connectivity index (χ0) is 10.6. The van der Waals surface area contributed by atoms with Crippen LogP contribution < -0.4 is 0 Å². The smallest absolute Gasteiger partial charge is 0.332 e. The summed E-state index contributed by atoms with van der Waals surface area (Å²) in [5.41, 5.74) is 0. The Morgan fingerprint density at radius 2 is 2.29 bits per heavy atom. The molecule has 0 saturated carbocycles. The van der Waals surface area contributed by atoms with Crippen molar-refractivity contribution in [3.05, 3.63) is 0 Å². The Morgan fingerprint density at radius 3 is 2.79 bits per heavy atom. The van der Waals surface area contributed by atoms with Gasteiger partial charge in [0.1, 0.15) is 0 Å². The van der Waals surface area contributed by atoms with Crippen LogP contribution in [0.15, 0.2) is 0 Å². The van der Waals surface area contributed by atoms with Crippen LogP contribution in [0.1, 0.15) is 26.2 Å². The first-order chi connectivity index (χ1) is 6.63. The van der Waals surface area contributed by atoms with Crippen molar-refractivity contribution in [1.29, 1.82) is 0 Å². The molecule has 0 amide bonds. The van der Waals surface area contributed by atoms with E-state index in [-0.39, 0.29) is 6.10 Å². The van der Waals surface area contributed by atoms with Gasteiger partial charge >= 0.3 is 5.97 Å². The van der Waals surface area contributed by atoms with Crippen molar-refractivity contribution in [2.45, 2.75) is 38.4 Å². The number of rotatable bonds is 5. The highest BCUT2D eigenvalue weighted by Gasteiger charge is 2.30. The quantitative estimate of drug-likeness (QED) is 0.719. The second kappa shape index (κ2) is 5.32. The van der Waals surface area contributed by atoms with Crippen LogP contribution in [0.5, 0.6) is 0 Å². The van der Waals surface area contributed by atoms with Gasteiger partial charge in [0.05, 0.1) is 6.10 Å². The molecule has 1 N–H and O–H groups in total. The summed E-state index contributed by atoms with van der Waals surface area (Å²) in [6.07, 6.45) is 2.17. The van der Waals surface area contributed by atoms with Crippen LogP contribution >= 0.6 is 0 Å². The maximum absolute atomic E-state index is 10.6. The monoisotopic (exact) mass is 201 g/mol. The molecule has 2 unspecified atom stereocenters. The summed E-state index contributed by atoms with van der Waals surface area (Å²) >= 11 is 0. The molecule has 1 aliphatic rings. The molecule has 0 aromatic heterocycles. The average Bonchev–Trinajstić information content (AvgIpc) is 2.53. The first kappa shape index (κ1) is 11.5. The molecule has 0 bridgehead atoms. The van der Waals surface area contributed by atoms with Gasteiger partial charge in [-0.3, -0.25) is 0 Å². The van der Waals surface area contributed by atoms with Crippen molar-refractivity contribution in [2.24, 2.45) is 0 Å². The summed E-state index contributed by atoms with van der Waals surface area (Å²) in [5, 5.41) is 8.73. The second-order valence-corrected chi connectivity index (χ2v) is 3.92. The van der Waals surface area contributed by atoms with Crippen LogP contribution in [0.25, 0.3) is 0 Å². The van der Waals surface area contributed by atoms with Gasteiger partial charge in [-0.15, -0.1) is 0 Å². The maximum Gasteiger partial charge on any atom is 0.332 e. The fourth-order valence-corrected chi connectivity index (χ4v) is 1.84. The van der Waals surface area contributed by atoms with Crippen LogP contribution in [0.3, 0.4) is 0 Å². The van der Waals surface area contributed by atoms with Gasteiger partial charge in [0.25, 0.3) is 0 Å². The lowest BCUT2D eigenvalue weighted by Crippen LogP contribution is -2.31. The molecule has 1 fully saturated rings. The number of hydrogen-bond acceptors (Lipinski definition) is 3. The van der Waals surface area contributed by atoms with Crippen molar-refractivity contribution < 1.29 is 14.6 Å². The molecule has 2 atom stereocenters. The Kier molecular flexibility index (Phi) is 4.35. The molecule has 4 nitrogen and oxygen atoms in total. The Hall–Kier alpha value is -0.610. The number of aliphatic carboxylic acids is 1. The highest BCUT2D eigenvalue weighted by Crippen LogP contribution is 2.20. The SMILES string of the molecule is CCCN(C)CC1CCC(C(=O)O)O1. The van der Waals surface area contributed by atoms with Crippen LogP contribution in [0, 0.1) is 0 Å². The molecule has 0 aliphatic carbocycles. The predicted molar refractivity (Wildman–Crippen MR) is 53.3 cm³/mol. The molecular weight excluding hydrogens is 182 g/mol. The molecule has 1 saturated heterocycles. The number of nitrogens with zero attached hydrogens (tertiary/aromatic N) is 1. The normalized spacial score (nSPS) is 27.1. The van der Waals surface area contributed by atoms with Gasteiger partial charge in [0.15, 0.2) is 6.10 Å². The van der Waals surface area contributed by atoms with E-state index in [0.717, 1.165) is 25.9 Å². The third kappa shape index (κ3) is 3.27. The van der Waals surface area contributed by atoms with Gasteiger partial charge in [0, 0.05) is 6.54 Å². The van der Waals surface area contributed by atoms with E-state index in [4.69, 9.17) is 9.84 Å². The predicted octanol–water partition coefficient (Wildman–Crippen LogP) is 0.960. The minimum absolute atomic E-state index is 0.104. The van der Waals surface area contributed by atoms with E-state index >= 15 is 0 Å². The summed E-state index contributed by atoms with van der Waals surface area (Å²) in [6, 6.07) is 0. The van der Waals surface area contributed by atoms with E-state index < -0.39 is 12.1 Å². The summed E-state index contributed by atoms with van der Waals surface area (Å²) < 4.78 is 5.40. The highest BCUT2D eigenvalue weighted by atomic mass is 16.5. The number of carboxylic acids is 1. The van der Waals surface area contributed by atoms with Crippen molar-refractivity contribution >= 4 is 5.97 Å². The molecule has 82 valence electrons. The molecule has 1 heterocycles. The minimum atomic E-state index is -0.828. The van der Waals surface area contributed by atoms with Gasteiger partial charge in [-0.2, -0.15) is 0 Å². The Morgan fingerprint density at radius 1 is 1.57 bits per heavy atom. The standard InChI is InChI=1S/C10H19NO3/c1-3-6-11(2)7-8-4-5-9(14-8)10(12)13/h8-9H,3-7H2,1-2H3,(H,12,13). The van der Waals surface area contributed by atoms with Crippen LogP contribution in [-0.4, -0.2) is 48.3 Å². The topological polar surface area (TPSA) is 49.8 Å². The summed E-state index contributed by atoms with van der Waals surface area (Å²) in [7, 11) is 2.04. The van der Waals surface area contributed by atoms with Crippen LogP contribution in [0.2, 0.25) is 0 Å². The van der Waals surface area contributed by atoms with Gasteiger partial charge in [0.2, 0.25) is 0 Å². The molecule has 0 aromatic carbocycles. The molecular formula is C10H19NO3. The first-order valence-corrected chi connectivity index (χ1v) is 5.20. The van der Waals surface area contributed by atoms with E-state index in [0.29, 0.717) is 6.42 Å². The minimum Gasteiger partial charge on any atom is -0.479 e. The zero-order valence-electron chi connectivity index (χ0n) is 8.90. The third-order valence-electron chi connectivity index (χ3n) is 2.50. The van der Waals surface area contributed by atoms with E-state index in [9.17, 15) is 4.79 Å². The lowest BCUT2D eigenvalue weighted by atomic mass is 10.2. The van der Waals surface area contributed by atoms with E-state index in [1.807, 2.05) is 7.05 Å². The molecule has 1 rings (SSSR count). The summed E-state index contributed by atoms with van der Waals surface area (Å²) in [6.45, 7) is 4.02. The lowest BCUT2D eigenvalue weighted by Gasteiger charge is -2.19. The van der Waals surface area contributed by atoms with Crippen molar-refractivity contribution in [3.8, 4) is 0 Å². The molecule has 0 radical (unpaired) electrons. The van der Waals surface area contributed by atoms with E-state index in [1.54, 1.807) is 0 Å². The van der Waals surface area contributed by atoms with Gasteiger partial charge in [-0.25, -0.2) is 4.79 Å². The number of hydrogen-bond donors (Lipinski definition) is 1. The average molecular weight is 201 g/mol. The van der Waals surface area contributed by atoms with Crippen molar-refractivity contribution in [3.63, 3.8) is 0 Å². The van der Waals surface area contributed by atoms with Gasteiger partial charge in [-0.1, -0.05) is 6.92 Å². The van der Waals surface area contributed by atoms with Gasteiger partial charge in [-0.05, 0) is 32.9 Å². The molecule has 1 aliphatic heterocycles. The van der Waals surface area contributed by atoms with E-state index in [2.05, 4.69) is 11.8 Å². The molecule has 0 aromatic rings. The zero-order valence-corrected chi connectivity index (χ0v) is 8.90. The third-order valence-corrected chi connectivity index (χ3v) is 2.50. The van der Waals surface area contributed by atoms with E-state index in [1.165, 1.54) is 0 Å². The van der Waals surface area contributed by atoms with Crippen molar-refractivity contribution in [1.82, 2.24) is 4.90 Å². The largest absolute Gasteiger partial charge is 0.479 e. The first-order valence-electron chi connectivity index (χ1n) is 5.20. The van der Waals surface area contributed by atoms with Crippen LogP contribution in [-0.2, 0) is 9.53 Å². The number of likely N-dealkylation sites (N-methyl/N-ethyl adjacent to an activating group) is 1.